The Hall–Kier alpha value is -2.21. The number of benzene rings is 1. The molecule has 1 aromatic heterocycles. The monoisotopic (exact) mass is 320 g/mol. The summed E-state index contributed by atoms with van der Waals surface area (Å²) in [6, 6.07) is 6.74. The maximum atomic E-state index is 11.8. The fourth-order valence-electron chi connectivity index (χ4n) is 1.92. The van der Waals surface area contributed by atoms with Crippen molar-refractivity contribution in [2.75, 3.05) is 12.4 Å². The summed E-state index contributed by atoms with van der Waals surface area (Å²) in [6.07, 6.45) is 1.54. The molecule has 0 bridgehead atoms. The number of esters is 1. The van der Waals surface area contributed by atoms with Gasteiger partial charge in [-0.25, -0.2) is 9.78 Å². The highest BCUT2D eigenvalue weighted by atomic mass is 35.5. The summed E-state index contributed by atoms with van der Waals surface area (Å²) in [7, 11) is 1.35. The molecular weight excluding hydrogens is 304 g/mol. The van der Waals surface area contributed by atoms with Crippen molar-refractivity contribution in [3.8, 4) is 11.3 Å². The first-order chi connectivity index (χ1) is 10.5. The number of aromatic nitrogens is 3. The summed E-state index contributed by atoms with van der Waals surface area (Å²) < 4.78 is 4.78. The summed E-state index contributed by atoms with van der Waals surface area (Å²) in [5, 5.41) is 11.4. The number of nitrogens with zero attached hydrogens (tertiary/aromatic N) is 3. The first-order valence-corrected chi connectivity index (χ1v) is 7.19. The van der Waals surface area contributed by atoms with Gasteiger partial charge in [0.25, 0.3) is 0 Å². The van der Waals surface area contributed by atoms with Gasteiger partial charge in [-0.05, 0) is 18.1 Å². The van der Waals surface area contributed by atoms with E-state index in [0.717, 1.165) is 5.56 Å². The van der Waals surface area contributed by atoms with Crippen molar-refractivity contribution in [2.45, 2.75) is 19.9 Å². The Bertz CT molecular complexity index is 663. The van der Waals surface area contributed by atoms with Crippen molar-refractivity contribution in [1.29, 1.82) is 0 Å². The van der Waals surface area contributed by atoms with Crippen LogP contribution in [-0.2, 0) is 9.53 Å². The predicted octanol–water partition coefficient (Wildman–Crippen LogP) is 2.80. The topological polar surface area (TPSA) is 77.0 Å². The molecule has 0 aliphatic carbocycles. The smallest absolute Gasteiger partial charge is 0.328 e. The van der Waals surface area contributed by atoms with Crippen LogP contribution in [0.4, 0.5) is 5.95 Å². The van der Waals surface area contributed by atoms with Crippen LogP contribution in [0.1, 0.15) is 13.8 Å². The van der Waals surface area contributed by atoms with Crippen LogP contribution in [0.15, 0.2) is 30.5 Å². The van der Waals surface area contributed by atoms with E-state index < -0.39 is 6.04 Å². The number of nitrogens with one attached hydrogen (secondary N) is 1. The number of rotatable bonds is 5. The minimum atomic E-state index is -0.540. The zero-order chi connectivity index (χ0) is 16.1. The SMILES string of the molecule is COC(=O)[C@@H](Nc1nncc(-c2cccc(Cl)c2)n1)C(C)C. The Kier molecular flexibility index (Phi) is 5.27. The van der Waals surface area contributed by atoms with Crippen molar-refractivity contribution in [2.24, 2.45) is 5.92 Å². The van der Waals surface area contributed by atoms with Crippen molar-refractivity contribution in [3.05, 3.63) is 35.5 Å². The molecule has 0 amide bonds. The molecule has 0 aliphatic rings. The highest BCUT2D eigenvalue weighted by Gasteiger charge is 2.24. The second-order valence-electron chi connectivity index (χ2n) is 5.06. The maximum absolute atomic E-state index is 11.8. The van der Waals surface area contributed by atoms with Crippen LogP contribution in [0.2, 0.25) is 5.02 Å². The lowest BCUT2D eigenvalue weighted by molar-refractivity contribution is -0.142. The van der Waals surface area contributed by atoms with E-state index in [1.165, 1.54) is 7.11 Å². The highest BCUT2D eigenvalue weighted by molar-refractivity contribution is 6.30. The zero-order valence-corrected chi connectivity index (χ0v) is 13.3. The Morgan fingerprint density at radius 3 is 2.77 bits per heavy atom. The number of halogens is 1. The molecule has 0 unspecified atom stereocenters. The molecule has 0 aliphatic heterocycles. The molecule has 0 radical (unpaired) electrons. The largest absolute Gasteiger partial charge is 0.467 e. The van der Waals surface area contributed by atoms with Gasteiger partial charge in [0.1, 0.15) is 6.04 Å². The molecule has 116 valence electrons. The van der Waals surface area contributed by atoms with Gasteiger partial charge in [0, 0.05) is 10.6 Å². The van der Waals surface area contributed by atoms with E-state index in [9.17, 15) is 4.79 Å². The quantitative estimate of drug-likeness (QED) is 0.854. The van der Waals surface area contributed by atoms with Gasteiger partial charge in [0.2, 0.25) is 5.95 Å². The molecule has 1 atom stereocenters. The minimum Gasteiger partial charge on any atom is -0.467 e. The van der Waals surface area contributed by atoms with E-state index >= 15 is 0 Å². The molecule has 0 fully saturated rings. The molecule has 1 N–H and O–H groups in total. The van der Waals surface area contributed by atoms with Crippen LogP contribution in [-0.4, -0.2) is 34.3 Å². The second-order valence-corrected chi connectivity index (χ2v) is 5.50. The molecule has 2 rings (SSSR count). The van der Waals surface area contributed by atoms with Gasteiger partial charge in [-0.1, -0.05) is 37.6 Å². The number of anilines is 1. The number of carbonyl (C=O) groups is 1. The van der Waals surface area contributed by atoms with Gasteiger partial charge in [-0.15, -0.1) is 5.10 Å². The summed E-state index contributed by atoms with van der Waals surface area (Å²) in [4.78, 5) is 16.2. The van der Waals surface area contributed by atoms with Crippen LogP contribution in [0.25, 0.3) is 11.3 Å². The highest BCUT2D eigenvalue weighted by Crippen LogP contribution is 2.21. The average Bonchev–Trinajstić information content (AvgIpc) is 2.52. The normalized spacial score (nSPS) is 12.0. The minimum absolute atomic E-state index is 0.0193. The number of carbonyl (C=O) groups excluding carboxylic acids is 1. The summed E-state index contributed by atoms with van der Waals surface area (Å²) in [6.45, 7) is 3.81. The Balaban J connectivity index is 2.26. The molecule has 0 saturated heterocycles. The molecule has 6 nitrogen and oxygen atoms in total. The van der Waals surface area contributed by atoms with Crippen LogP contribution < -0.4 is 5.32 Å². The Labute approximate surface area is 133 Å². The van der Waals surface area contributed by atoms with Crippen molar-refractivity contribution >= 4 is 23.5 Å². The fourth-order valence-corrected chi connectivity index (χ4v) is 2.11. The fraction of sp³-hybridized carbons (Fsp3) is 0.333. The lowest BCUT2D eigenvalue weighted by Gasteiger charge is -2.19. The van der Waals surface area contributed by atoms with Gasteiger partial charge in [0.05, 0.1) is 19.0 Å². The van der Waals surface area contributed by atoms with Gasteiger partial charge in [-0.3, -0.25) is 0 Å². The Morgan fingerprint density at radius 2 is 2.14 bits per heavy atom. The van der Waals surface area contributed by atoms with E-state index in [1.54, 1.807) is 18.3 Å². The molecule has 1 heterocycles. The van der Waals surface area contributed by atoms with Crippen LogP contribution in [0.5, 0.6) is 0 Å². The second kappa shape index (κ2) is 7.17. The summed E-state index contributed by atoms with van der Waals surface area (Å²) in [5.41, 5.74) is 1.44. The van der Waals surface area contributed by atoms with Gasteiger partial charge < -0.3 is 10.1 Å². The lowest BCUT2D eigenvalue weighted by Crippen LogP contribution is -2.36. The average molecular weight is 321 g/mol. The number of hydrogen-bond acceptors (Lipinski definition) is 6. The van der Waals surface area contributed by atoms with E-state index in [-0.39, 0.29) is 17.8 Å². The van der Waals surface area contributed by atoms with Crippen LogP contribution in [0, 0.1) is 5.92 Å². The van der Waals surface area contributed by atoms with Crippen molar-refractivity contribution < 1.29 is 9.53 Å². The molecule has 0 spiro atoms. The third kappa shape index (κ3) is 3.92. The molecule has 7 heteroatoms. The third-order valence-corrected chi connectivity index (χ3v) is 3.32. The third-order valence-electron chi connectivity index (χ3n) is 3.09. The van der Waals surface area contributed by atoms with E-state index in [0.29, 0.717) is 10.7 Å². The van der Waals surface area contributed by atoms with Gasteiger partial charge in [0.15, 0.2) is 0 Å². The molecule has 2 aromatic rings. The summed E-state index contributed by atoms with van der Waals surface area (Å²) in [5.74, 6) is -0.0841. The van der Waals surface area contributed by atoms with Gasteiger partial charge >= 0.3 is 5.97 Å². The van der Waals surface area contributed by atoms with E-state index in [1.807, 2.05) is 26.0 Å². The molecular formula is C15H17ClN4O2. The molecule has 0 saturated carbocycles. The molecule has 22 heavy (non-hydrogen) atoms. The predicted molar refractivity (Wildman–Crippen MR) is 84.5 cm³/mol. The Morgan fingerprint density at radius 1 is 1.36 bits per heavy atom. The van der Waals surface area contributed by atoms with Gasteiger partial charge in [-0.2, -0.15) is 5.10 Å². The van der Waals surface area contributed by atoms with Crippen LogP contribution in [0.3, 0.4) is 0 Å². The van der Waals surface area contributed by atoms with Crippen LogP contribution >= 0.6 is 11.6 Å². The van der Waals surface area contributed by atoms with E-state index in [2.05, 4.69) is 20.5 Å². The lowest BCUT2D eigenvalue weighted by atomic mass is 10.1. The number of methoxy groups -OCH3 is 1. The molecule has 1 aromatic carbocycles. The van der Waals surface area contributed by atoms with E-state index in [4.69, 9.17) is 16.3 Å². The first kappa shape index (κ1) is 16.2. The standard InChI is InChI=1S/C15H17ClN4O2/c1-9(2)13(14(21)22-3)19-15-18-12(8-17-20-15)10-5-4-6-11(16)7-10/h4-9,13H,1-3H3,(H,18,19,20)/t13-/m0/s1. The number of ether oxygens (including phenoxy) is 1. The van der Waals surface area contributed by atoms with Crippen molar-refractivity contribution in [3.63, 3.8) is 0 Å². The summed E-state index contributed by atoms with van der Waals surface area (Å²) >= 11 is 5.98. The number of hydrogen-bond donors (Lipinski definition) is 1. The maximum Gasteiger partial charge on any atom is 0.328 e. The van der Waals surface area contributed by atoms with Crippen molar-refractivity contribution in [1.82, 2.24) is 15.2 Å². The first-order valence-electron chi connectivity index (χ1n) is 6.81. The zero-order valence-electron chi connectivity index (χ0n) is 12.6.